The number of nitrogens with zero attached hydrogens (tertiary/aromatic N) is 2. The molecule has 4 N–H and O–H groups in total. The van der Waals surface area contributed by atoms with Gasteiger partial charge in [-0.05, 0) is 74.4 Å². The Hall–Kier alpha value is -3.23. The number of anilines is 1. The van der Waals surface area contributed by atoms with Crippen LogP contribution in [0.3, 0.4) is 0 Å². The molecule has 166 valence electrons. The van der Waals surface area contributed by atoms with Crippen molar-refractivity contribution in [3.63, 3.8) is 0 Å². The van der Waals surface area contributed by atoms with Gasteiger partial charge < -0.3 is 20.9 Å². The van der Waals surface area contributed by atoms with Crippen molar-refractivity contribution in [1.82, 2.24) is 14.5 Å². The summed E-state index contributed by atoms with van der Waals surface area (Å²) in [6.45, 7) is 2.76. The number of H-pyrrole nitrogens is 1. The molecule has 1 aromatic heterocycles. The number of carbonyl (C=O) groups is 2. The maximum absolute atomic E-state index is 12.9. The van der Waals surface area contributed by atoms with E-state index in [4.69, 9.17) is 18.0 Å². The second kappa shape index (κ2) is 9.93. The zero-order valence-electron chi connectivity index (χ0n) is 17.8. The molecule has 0 aliphatic carbocycles. The van der Waals surface area contributed by atoms with Crippen LogP contribution in [0.15, 0.2) is 60.8 Å². The van der Waals surface area contributed by atoms with Crippen molar-refractivity contribution >= 4 is 29.7 Å². The van der Waals surface area contributed by atoms with E-state index in [0.29, 0.717) is 10.5 Å². The highest BCUT2D eigenvalue weighted by atomic mass is 32.1. The monoisotopic (exact) mass is 449 g/mol. The average Bonchev–Trinajstić information content (AvgIpc) is 3.21. The molecule has 3 aromatic rings. The van der Waals surface area contributed by atoms with Gasteiger partial charge in [-0.15, -0.1) is 0 Å². The molecule has 7 nitrogen and oxygen atoms in total. The predicted octanol–water partition coefficient (Wildman–Crippen LogP) is 3.53. The number of para-hydroxylation sites is 1. The van der Waals surface area contributed by atoms with E-state index >= 15 is 0 Å². The van der Waals surface area contributed by atoms with Crippen LogP contribution in [0.2, 0.25) is 0 Å². The van der Waals surface area contributed by atoms with Crippen molar-refractivity contribution in [2.45, 2.75) is 19.3 Å². The van der Waals surface area contributed by atoms with Crippen LogP contribution in [0.1, 0.15) is 28.9 Å². The number of primary amides is 1. The molecule has 0 atom stereocenters. The Morgan fingerprint density at radius 1 is 1.06 bits per heavy atom. The number of piperidine rings is 1. The summed E-state index contributed by atoms with van der Waals surface area (Å²) in [6.07, 6.45) is 4.23. The molecular formula is C24H27N5O2S. The number of likely N-dealkylation sites (tertiary alicyclic amines) is 1. The quantitative estimate of drug-likeness (QED) is 0.481. The molecule has 0 unspecified atom stereocenters. The van der Waals surface area contributed by atoms with E-state index in [0.717, 1.165) is 50.3 Å². The fourth-order valence-corrected chi connectivity index (χ4v) is 4.31. The predicted molar refractivity (Wildman–Crippen MR) is 127 cm³/mol. The molecule has 4 rings (SSSR count). The van der Waals surface area contributed by atoms with Gasteiger partial charge in [-0.1, -0.05) is 30.3 Å². The van der Waals surface area contributed by atoms with Crippen molar-refractivity contribution in [3.05, 3.63) is 76.8 Å². The molecule has 0 saturated carbocycles. The summed E-state index contributed by atoms with van der Waals surface area (Å²) in [5.74, 6) is -0.391. The SMILES string of the molecule is NC(=O)C1CCN(CCc2ccc(NC(=O)c3c[nH]c(=S)n3-c3ccccc3)cc2)CC1. The van der Waals surface area contributed by atoms with Crippen molar-refractivity contribution in [1.29, 1.82) is 0 Å². The minimum atomic E-state index is -0.230. The number of nitrogens with two attached hydrogens (primary N) is 1. The first-order valence-electron chi connectivity index (χ1n) is 10.8. The molecule has 2 aromatic carbocycles. The summed E-state index contributed by atoms with van der Waals surface area (Å²) >= 11 is 5.36. The van der Waals surface area contributed by atoms with Crippen LogP contribution in [0.25, 0.3) is 5.69 Å². The largest absolute Gasteiger partial charge is 0.369 e. The first-order valence-corrected chi connectivity index (χ1v) is 11.2. The van der Waals surface area contributed by atoms with E-state index in [1.165, 1.54) is 5.56 Å². The van der Waals surface area contributed by atoms with Gasteiger partial charge in [0.25, 0.3) is 5.91 Å². The maximum atomic E-state index is 12.9. The number of nitrogens with one attached hydrogen (secondary N) is 2. The lowest BCUT2D eigenvalue weighted by atomic mass is 9.96. The minimum Gasteiger partial charge on any atom is -0.369 e. The molecule has 0 bridgehead atoms. The molecule has 1 aliphatic heterocycles. The fraction of sp³-hybridized carbons (Fsp3) is 0.292. The highest BCUT2D eigenvalue weighted by molar-refractivity contribution is 7.71. The number of hydrogen-bond donors (Lipinski definition) is 3. The standard InChI is InChI=1S/C24H27N5O2S/c25-22(30)18-11-14-28(15-12-18)13-10-17-6-8-19(9-7-17)27-23(31)21-16-26-24(32)29(21)20-4-2-1-3-5-20/h1-9,16,18H,10-15H2,(H2,25,30)(H,26,32)(H,27,31). The lowest BCUT2D eigenvalue weighted by Gasteiger charge is -2.30. The molecule has 0 radical (unpaired) electrons. The van der Waals surface area contributed by atoms with E-state index < -0.39 is 0 Å². The van der Waals surface area contributed by atoms with Gasteiger partial charge >= 0.3 is 0 Å². The molecule has 2 amide bonds. The maximum Gasteiger partial charge on any atom is 0.274 e. The number of benzene rings is 2. The molecule has 1 aliphatic rings. The second-order valence-corrected chi connectivity index (χ2v) is 8.46. The zero-order chi connectivity index (χ0) is 22.5. The third kappa shape index (κ3) is 5.15. The second-order valence-electron chi connectivity index (χ2n) is 8.07. The van der Waals surface area contributed by atoms with Gasteiger partial charge in [0, 0.05) is 30.0 Å². The van der Waals surface area contributed by atoms with Crippen molar-refractivity contribution in [2.24, 2.45) is 11.7 Å². The van der Waals surface area contributed by atoms with E-state index in [2.05, 4.69) is 15.2 Å². The Labute approximate surface area is 192 Å². The summed E-state index contributed by atoms with van der Waals surface area (Å²) in [6, 6.07) is 17.5. The van der Waals surface area contributed by atoms with Crippen LogP contribution in [0, 0.1) is 10.7 Å². The van der Waals surface area contributed by atoms with E-state index in [1.807, 2.05) is 54.6 Å². The van der Waals surface area contributed by atoms with Gasteiger partial charge in [-0.3, -0.25) is 14.2 Å². The third-order valence-corrected chi connectivity index (χ3v) is 6.24. The topological polar surface area (TPSA) is 96.2 Å². The number of carbonyl (C=O) groups excluding carboxylic acids is 2. The summed E-state index contributed by atoms with van der Waals surface area (Å²) in [4.78, 5) is 29.5. The normalized spacial score (nSPS) is 14.9. The van der Waals surface area contributed by atoms with Crippen LogP contribution in [-0.4, -0.2) is 45.9 Å². The fourth-order valence-electron chi connectivity index (χ4n) is 4.05. The Bertz CT molecular complexity index is 1130. The first kappa shape index (κ1) is 22.0. The van der Waals surface area contributed by atoms with Crippen LogP contribution >= 0.6 is 12.2 Å². The number of amides is 2. The van der Waals surface area contributed by atoms with Crippen molar-refractivity contribution in [3.8, 4) is 5.69 Å². The molecule has 32 heavy (non-hydrogen) atoms. The van der Waals surface area contributed by atoms with Gasteiger partial charge in [0.1, 0.15) is 5.69 Å². The van der Waals surface area contributed by atoms with Crippen LogP contribution in [-0.2, 0) is 11.2 Å². The molecular weight excluding hydrogens is 422 g/mol. The first-order chi connectivity index (χ1) is 15.5. The van der Waals surface area contributed by atoms with Crippen LogP contribution in [0.5, 0.6) is 0 Å². The Kier molecular flexibility index (Phi) is 6.82. The zero-order valence-corrected chi connectivity index (χ0v) is 18.6. The Balaban J connectivity index is 1.34. The summed E-state index contributed by atoms with van der Waals surface area (Å²) < 4.78 is 2.19. The molecule has 1 fully saturated rings. The molecule has 8 heteroatoms. The summed E-state index contributed by atoms with van der Waals surface area (Å²) in [5.41, 5.74) is 8.62. The number of imidazole rings is 1. The van der Waals surface area contributed by atoms with E-state index in [-0.39, 0.29) is 17.7 Å². The average molecular weight is 450 g/mol. The smallest absolute Gasteiger partial charge is 0.274 e. The third-order valence-electron chi connectivity index (χ3n) is 5.94. The highest BCUT2D eigenvalue weighted by Crippen LogP contribution is 2.18. The van der Waals surface area contributed by atoms with Gasteiger partial charge in [-0.25, -0.2) is 0 Å². The highest BCUT2D eigenvalue weighted by Gasteiger charge is 2.22. The van der Waals surface area contributed by atoms with Gasteiger partial charge in [0.15, 0.2) is 4.77 Å². The van der Waals surface area contributed by atoms with Gasteiger partial charge in [0.05, 0.1) is 0 Å². The van der Waals surface area contributed by atoms with Crippen LogP contribution in [0.4, 0.5) is 5.69 Å². The van der Waals surface area contributed by atoms with Gasteiger partial charge in [-0.2, -0.15) is 0 Å². The minimum absolute atomic E-state index is 0.0199. The lowest BCUT2D eigenvalue weighted by molar-refractivity contribution is -0.123. The summed E-state index contributed by atoms with van der Waals surface area (Å²) in [5, 5.41) is 2.95. The number of aromatic amines is 1. The molecule has 2 heterocycles. The van der Waals surface area contributed by atoms with Crippen molar-refractivity contribution < 1.29 is 9.59 Å². The number of aromatic nitrogens is 2. The Morgan fingerprint density at radius 3 is 2.41 bits per heavy atom. The lowest BCUT2D eigenvalue weighted by Crippen LogP contribution is -2.39. The van der Waals surface area contributed by atoms with E-state index in [1.54, 1.807) is 10.8 Å². The van der Waals surface area contributed by atoms with Crippen LogP contribution < -0.4 is 11.1 Å². The summed E-state index contributed by atoms with van der Waals surface area (Å²) in [7, 11) is 0. The number of rotatable bonds is 7. The van der Waals surface area contributed by atoms with E-state index in [9.17, 15) is 9.59 Å². The Morgan fingerprint density at radius 2 is 1.75 bits per heavy atom. The molecule has 0 spiro atoms. The van der Waals surface area contributed by atoms with Gasteiger partial charge in [0.2, 0.25) is 5.91 Å². The van der Waals surface area contributed by atoms with Crippen molar-refractivity contribution in [2.75, 3.05) is 25.0 Å². The molecule has 1 saturated heterocycles. The number of hydrogen-bond acceptors (Lipinski definition) is 4.